The van der Waals surface area contributed by atoms with Crippen molar-refractivity contribution < 1.29 is 4.79 Å². The predicted molar refractivity (Wildman–Crippen MR) is 51.2 cm³/mol. The van der Waals surface area contributed by atoms with Gasteiger partial charge < -0.3 is 4.98 Å². The first-order chi connectivity index (χ1) is 6.22. The topological polar surface area (TPSA) is 45.8 Å². The molecule has 0 radical (unpaired) electrons. The third-order valence-corrected chi connectivity index (χ3v) is 2.27. The number of rotatable bonds is 1. The second kappa shape index (κ2) is 2.85. The smallest absolute Gasteiger partial charge is 0.151 e. The number of benzene rings is 1. The SMILES string of the molecule is Cc1nc2c(Cl)c(C=O)ccc2[nH]1. The van der Waals surface area contributed by atoms with Gasteiger partial charge in [0.25, 0.3) is 0 Å². The Kier molecular flexibility index (Phi) is 1.81. The highest BCUT2D eigenvalue weighted by Gasteiger charge is 2.07. The zero-order valence-electron chi connectivity index (χ0n) is 6.97. The van der Waals surface area contributed by atoms with Gasteiger partial charge in [-0.05, 0) is 19.1 Å². The quantitative estimate of drug-likeness (QED) is 0.709. The summed E-state index contributed by atoms with van der Waals surface area (Å²) in [5, 5.41) is 0.414. The minimum atomic E-state index is 0.414. The van der Waals surface area contributed by atoms with Gasteiger partial charge in [-0.2, -0.15) is 0 Å². The van der Waals surface area contributed by atoms with Gasteiger partial charge in [0.1, 0.15) is 11.3 Å². The van der Waals surface area contributed by atoms with Gasteiger partial charge in [0.2, 0.25) is 0 Å². The Morgan fingerprint density at radius 1 is 1.54 bits per heavy atom. The van der Waals surface area contributed by atoms with Crippen molar-refractivity contribution in [2.75, 3.05) is 0 Å². The largest absolute Gasteiger partial charge is 0.342 e. The summed E-state index contributed by atoms with van der Waals surface area (Å²) < 4.78 is 0. The summed E-state index contributed by atoms with van der Waals surface area (Å²) in [6.07, 6.45) is 0.728. The Bertz CT molecular complexity index is 476. The number of aromatic nitrogens is 2. The van der Waals surface area contributed by atoms with E-state index in [-0.39, 0.29) is 0 Å². The Labute approximate surface area is 79.7 Å². The average molecular weight is 195 g/mol. The highest BCUT2D eigenvalue weighted by atomic mass is 35.5. The second-order valence-corrected chi connectivity index (χ2v) is 3.18. The molecule has 4 heteroatoms. The highest BCUT2D eigenvalue weighted by molar-refractivity contribution is 6.37. The van der Waals surface area contributed by atoms with E-state index >= 15 is 0 Å². The maximum Gasteiger partial charge on any atom is 0.151 e. The number of halogens is 1. The van der Waals surface area contributed by atoms with Gasteiger partial charge in [0.15, 0.2) is 6.29 Å². The fourth-order valence-corrected chi connectivity index (χ4v) is 1.52. The van der Waals surface area contributed by atoms with Crippen molar-refractivity contribution >= 4 is 28.9 Å². The monoisotopic (exact) mass is 194 g/mol. The van der Waals surface area contributed by atoms with E-state index in [4.69, 9.17) is 11.6 Å². The molecule has 0 unspecified atom stereocenters. The molecule has 1 aromatic carbocycles. The highest BCUT2D eigenvalue weighted by Crippen LogP contribution is 2.24. The number of H-pyrrole nitrogens is 1. The molecule has 1 N–H and O–H groups in total. The fourth-order valence-electron chi connectivity index (χ4n) is 1.27. The van der Waals surface area contributed by atoms with Crippen molar-refractivity contribution in [2.45, 2.75) is 6.92 Å². The zero-order valence-corrected chi connectivity index (χ0v) is 7.72. The summed E-state index contributed by atoms with van der Waals surface area (Å²) in [5.41, 5.74) is 1.98. The number of carbonyl (C=O) groups excluding carboxylic acids is 1. The summed E-state index contributed by atoms with van der Waals surface area (Å²) in [6.45, 7) is 1.84. The van der Waals surface area contributed by atoms with Gasteiger partial charge in [0, 0.05) is 5.56 Å². The molecule has 1 aromatic heterocycles. The van der Waals surface area contributed by atoms with Crippen LogP contribution in [0.1, 0.15) is 16.2 Å². The molecular formula is C9H7ClN2O. The van der Waals surface area contributed by atoms with Crippen LogP contribution in [0.2, 0.25) is 5.02 Å². The van der Waals surface area contributed by atoms with Crippen LogP contribution in [0, 0.1) is 6.92 Å². The number of nitrogens with one attached hydrogen (secondary N) is 1. The van der Waals surface area contributed by atoms with Crippen molar-refractivity contribution in [3.8, 4) is 0 Å². The molecule has 3 nitrogen and oxygen atoms in total. The molecule has 0 saturated heterocycles. The summed E-state index contributed by atoms with van der Waals surface area (Å²) in [5.74, 6) is 0.792. The Morgan fingerprint density at radius 2 is 2.31 bits per heavy atom. The number of aldehydes is 1. The lowest BCUT2D eigenvalue weighted by Gasteiger charge is -1.94. The van der Waals surface area contributed by atoms with Crippen LogP contribution in [0.4, 0.5) is 0 Å². The number of carbonyl (C=O) groups is 1. The van der Waals surface area contributed by atoms with Gasteiger partial charge in [-0.3, -0.25) is 4.79 Å². The van der Waals surface area contributed by atoms with Gasteiger partial charge >= 0.3 is 0 Å². The van der Waals surface area contributed by atoms with E-state index in [0.717, 1.165) is 17.6 Å². The number of imidazole rings is 1. The van der Waals surface area contributed by atoms with Crippen LogP contribution in [0.3, 0.4) is 0 Å². The Morgan fingerprint density at radius 3 is 3.00 bits per heavy atom. The number of hydrogen-bond donors (Lipinski definition) is 1. The van der Waals surface area contributed by atoms with Crippen LogP contribution in [0.5, 0.6) is 0 Å². The average Bonchev–Trinajstić information content (AvgIpc) is 2.47. The molecule has 2 rings (SSSR count). The lowest BCUT2D eigenvalue weighted by molar-refractivity contribution is 0.112. The molecule has 0 aliphatic rings. The normalized spacial score (nSPS) is 10.6. The summed E-state index contributed by atoms with van der Waals surface area (Å²) in [4.78, 5) is 17.8. The molecule has 0 atom stereocenters. The molecule has 0 fully saturated rings. The van der Waals surface area contributed by atoms with E-state index in [1.165, 1.54) is 0 Å². The molecule has 13 heavy (non-hydrogen) atoms. The summed E-state index contributed by atoms with van der Waals surface area (Å²) in [7, 11) is 0. The number of fused-ring (bicyclic) bond motifs is 1. The van der Waals surface area contributed by atoms with E-state index in [1.54, 1.807) is 12.1 Å². The first-order valence-corrected chi connectivity index (χ1v) is 4.20. The molecular weight excluding hydrogens is 188 g/mol. The third-order valence-electron chi connectivity index (χ3n) is 1.87. The second-order valence-electron chi connectivity index (χ2n) is 2.81. The standard InChI is InChI=1S/C9H7ClN2O/c1-5-11-7-3-2-6(4-13)8(10)9(7)12-5/h2-4H,1H3,(H,11,12). The third kappa shape index (κ3) is 1.21. The maximum absolute atomic E-state index is 10.6. The van der Waals surface area contributed by atoms with E-state index < -0.39 is 0 Å². The number of aryl methyl sites for hydroxylation is 1. The van der Waals surface area contributed by atoms with Crippen LogP contribution < -0.4 is 0 Å². The summed E-state index contributed by atoms with van der Waals surface area (Å²) >= 11 is 5.94. The Balaban J connectivity index is 2.85. The molecule has 0 aliphatic carbocycles. The predicted octanol–water partition coefficient (Wildman–Crippen LogP) is 2.34. The molecule has 66 valence electrons. The van der Waals surface area contributed by atoms with Crippen molar-refractivity contribution in [2.24, 2.45) is 0 Å². The number of aromatic amines is 1. The van der Waals surface area contributed by atoms with Crippen molar-refractivity contribution in [1.82, 2.24) is 9.97 Å². The van der Waals surface area contributed by atoms with Crippen molar-refractivity contribution in [1.29, 1.82) is 0 Å². The van der Waals surface area contributed by atoms with Crippen LogP contribution in [-0.2, 0) is 0 Å². The van der Waals surface area contributed by atoms with Gasteiger partial charge in [-0.15, -0.1) is 0 Å². The molecule has 1 heterocycles. The zero-order chi connectivity index (χ0) is 9.42. The van der Waals surface area contributed by atoms with Gasteiger partial charge in [-0.25, -0.2) is 4.98 Å². The fraction of sp³-hybridized carbons (Fsp3) is 0.111. The number of hydrogen-bond acceptors (Lipinski definition) is 2. The van der Waals surface area contributed by atoms with Crippen LogP contribution >= 0.6 is 11.6 Å². The maximum atomic E-state index is 10.6. The van der Waals surface area contributed by atoms with Crippen LogP contribution in [0.25, 0.3) is 11.0 Å². The van der Waals surface area contributed by atoms with E-state index in [2.05, 4.69) is 9.97 Å². The molecule has 0 amide bonds. The van der Waals surface area contributed by atoms with Gasteiger partial charge in [-0.1, -0.05) is 11.6 Å². The molecule has 0 saturated carbocycles. The van der Waals surface area contributed by atoms with E-state index in [9.17, 15) is 4.79 Å². The lowest BCUT2D eigenvalue weighted by atomic mass is 10.2. The Hall–Kier alpha value is -1.35. The van der Waals surface area contributed by atoms with Gasteiger partial charge in [0.05, 0.1) is 10.5 Å². The first kappa shape index (κ1) is 8.26. The minimum absolute atomic E-state index is 0.414. The number of nitrogens with zero attached hydrogens (tertiary/aromatic N) is 1. The van der Waals surface area contributed by atoms with Crippen LogP contribution in [0.15, 0.2) is 12.1 Å². The van der Waals surface area contributed by atoms with Crippen molar-refractivity contribution in [3.05, 3.63) is 28.5 Å². The lowest BCUT2D eigenvalue weighted by Crippen LogP contribution is -1.82. The first-order valence-electron chi connectivity index (χ1n) is 3.82. The summed E-state index contributed by atoms with van der Waals surface area (Å²) in [6, 6.07) is 3.47. The molecule has 0 spiro atoms. The minimum Gasteiger partial charge on any atom is -0.342 e. The molecule has 0 aliphatic heterocycles. The van der Waals surface area contributed by atoms with E-state index in [0.29, 0.717) is 16.1 Å². The molecule has 2 aromatic rings. The van der Waals surface area contributed by atoms with Crippen LogP contribution in [-0.4, -0.2) is 16.3 Å². The van der Waals surface area contributed by atoms with E-state index in [1.807, 2.05) is 6.92 Å². The van der Waals surface area contributed by atoms with Crippen molar-refractivity contribution in [3.63, 3.8) is 0 Å². The molecule has 0 bridgehead atoms.